The maximum atomic E-state index is 10.5. The van der Waals surface area contributed by atoms with Crippen LogP contribution >= 0.6 is 0 Å². The Hall–Kier alpha value is -1.06. The van der Waals surface area contributed by atoms with Gasteiger partial charge in [0.2, 0.25) is 0 Å². The second-order valence-electron chi connectivity index (χ2n) is 6.01. The molecule has 2 rings (SSSR count). The lowest BCUT2D eigenvalue weighted by atomic mass is 9.83. The second-order valence-corrected chi connectivity index (χ2v) is 6.01. The van der Waals surface area contributed by atoms with Gasteiger partial charge in [0.05, 0.1) is 12.7 Å². The van der Waals surface area contributed by atoms with E-state index in [4.69, 9.17) is 4.74 Å². The number of aromatic hydroxyl groups is 1. The minimum Gasteiger partial charge on any atom is -0.507 e. The summed E-state index contributed by atoms with van der Waals surface area (Å²) in [5, 5.41) is 13.9. The lowest BCUT2D eigenvalue weighted by Crippen LogP contribution is -2.34. The van der Waals surface area contributed by atoms with E-state index in [2.05, 4.69) is 32.2 Å². The fourth-order valence-electron chi connectivity index (χ4n) is 2.47. The number of hydrogen-bond donors (Lipinski definition) is 2. The van der Waals surface area contributed by atoms with Crippen molar-refractivity contribution in [3.05, 3.63) is 28.8 Å². The van der Waals surface area contributed by atoms with Crippen LogP contribution in [0.1, 0.15) is 43.6 Å². The van der Waals surface area contributed by atoms with Gasteiger partial charge in [-0.3, -0.25) is 0 Å². The highest BCUT2D eigenvalue weighted by Gasteiger charge is 2.26. The summed E-state index contributed by atoms with van der Waals surface area (Å²) in [5.74, 6) is 0.399. The van der Waals surface area contributed by atoms with Crippen LogP contribution in [0, 0.1) is 6.92 Å². The van der Waals surface area contributed by atoms with Crippen molar-refractivity contribution in [2.75, 3.05) is 19.7 Å². The third-order valence-electron chi connectivity index (χ3n) is 3.49. The van der Waals surface area contributed by atoms with Crippen molar-refractivity contribution in [1.29, 1.82) is 0 Å². The van der Waals surface area contributed by atoms with Crippen molar-refractivity contribution < 1.29 is 9.84 Å². The Bertz CT molecular complexity index is 429. The highest BCUT2D eigenvalue weighted by Crippen LogP contribution is 2.38. The third kappa shape index (κ3) is 2.52. The first-order valence-corrected chi connectivity index (χ1v) is 6.56. The summed E-state index contributed by atoms with van der Waals surface area (Å²) in [6, 6.07) is 4.10. The maximum absolute atomic E-state index is 10.5. The standard InChI is InChI=1S/C15H23NO2/c1-10-5-6-11(15(2,3)4)14(17)13(10)12-9-16-7-8-18-12/h5-6,12,16-17H,7-9H2,1-4H3. The van der Waals surface area contributed by atoms with Gasteiger partial charge in [0.15, 0.2) is 0 Å². The quantitative estimate of drug-likeness (QED) is 0.804. The van der Waals surface area contributed by atoms with E-state index >= 15 is 0 Å². The molecule has 1 aliphatic rings. The van der Waals surface area contributed by atoms with Gasteiger partial charge in [-0.1, -0.05) is 32.9 Å². The van der Waals surface area contributed by atoms with Crippen LogP contribution in [0.4, 0.5) is 0 Å². The number of benzene rings is 1. The van der Waals surface area contributed by atoms with Crippen molar-refractivity contribution in [3.8, 4) is 5.75 Å². The highest BCUT2D eigenvalue weighted by atomic mass is 16.5. The number of aryl methyl sites for hydroxylation is 1. The molecule has 0 saturated carbocycles. The van der Waals surface area contributed by atoms with Crippen LogP contribution in [-0.4, -0.2) is 24.8 Å². The third-order valence-corrected chi connectivity index (χ3v) is 3.49. The van der Waals surface area contributed by atoms with Gasteiger partial charge in [0, 0.05) is 18.7 Å². The van der Waals surface area contributed by atoms with Crippen LogP contribution in [0.25, 0.3) is 0 Å². The van der Waals surface area contributed by atoms with Gasteiger partial charge in [0.1, 0.15) is 5.75 Å². The van der Waals surface area contributed by atoms with Crippen LogP contribution in [-0.2, 0) is 10.2 Å². The number of ether oxygens (including phenoxy) is 1. The second kappa shape index (κ2) is 4.90. The molecule has 0 radical (unpaired) electrons. The Balaban J connectivity index is 2.45. The first-order chi connectivity index (χ1) is 8.41. The first kappa shape index (κ1) is 13.4. The summed E-state index contributed by atoms with van der Waals surface area (Å²) in [4.78, 5) is 0. The topological polar surface area (TPSA) is 41.5 Å². The Morgan fingerprint density at radius 3 is 2.61 bits per heavy atom. The van der Waals surface area contributed by atoms with Gasteiger partial charge in [0.25, 0.3) is 0 Å². The van der Waals surface area contributed by atoms with Gasteiger partial charge in [-0.05, 0) is 23.5 Å². The number of rotatable bonds is 1. The smallest absolute Gasteiger partial charge is 0.125 e. The highest BCUT2D eigenvalue weighted by molar-refractivity contribution is 5.49. The minimum absolute atomic E-state index is 0.0407. The van der Waals surface area contributed by atoms with E-state index in [0.717, 1.165) is 29.8 Å². The molecule has 18 heavy (non-hydrogen) atoms. The van der Waals surface area contributed by atoms with Crippen molar-refractivity contribution in [2.45, 2.75) is 39.2 Å². The molecule has 3 heteroatoms. The molecule has 2 N–H and O–H groups in total. The van der Waals surface area contributed by atoms with E-state index in [0.29, 0.717) is 12.4 Å². The zero-order valence-electron chi connectivity index (χ0n) is 11.7. The van der Waals surface area contributed by atoms with Crippen molar-refractivity contribution >= 4 is 0 Å². The van der Waals surface area contributed by atoms with Gasteiger partial charge in [-0.15, -0.1) is 0 Å². The molecule has 0 bridgehead atoms. The molecule has 0 aliphatic carbocycles. The largest absolute Gasteiger partial charge is 0.507 e. The average molecular weight is 249 g/mol. The zero-order chi connectivity index (χ0) is 13.3. The maximum Gasteiger partial charge on any atom is 0.125 e. The summed E-state index contributed by atoms with van der Waals surface area (Å²) < 4.78 is 5.77. The van der Waals surface area contributed by atoms with Gasteiger partial charge < -0.3 is 15.2 Å². The van der Waals surface area contributed by atoms with Crippen LogP contribution in [0.15, 0.2) is 12.1 Å². The molecule has 1 aliphatic heterocycles. The van der Waals surface area contributed by atoms with Crippen LogP contribution < -0.4 is 5.32 Å². The molecule has 1 aromatic carbocycles. The fourth-order valence-corrected chi connectivity index (χ4v) is 2.47. The molecular weight excluding hydrogens is 226 g/mol. The molecule has 0 aromatic heterocycles. The lowest BCUT2D eigenvalue weighted by molar-refractivity contribution is 0.0258. The summed E-state index contributed by atoms with van der Waals surface area (Å²) in [7, 11) is 0. The number of phenols is 1. The Morgan fingerprint density at radius 2 is 2.06 bits per heavy atom. The summed E-state index contributed by atoms with van der Waals surface area (Å²) in [6.07, 6.45) is -0.0407. The van der Waals surface area contributed by atoms with Gasteiger partial charge in [-0.25, -0.2) is 0 Å². The predicted molar refractivity (Wildman–Crippen MR) is 73.1 cm³/mol. The number of morpholine rings is 1. The van der Waals surface area contributed by atoms with E-state index in [-0.39, 0.29) is 11.5 Å². The number of hydrogen-bond acceptors (Lipinski definition) is 3. The SMILES string of the molecule is Cc1ccc(C(C)(C)C)c(O)c1C1CNCCO1. The molecule has 1 atom stereocenters. The van der Waals surface area contributed by atoms with E-state index in [1.165, 1.54) is 0 Å². The normalized spacial score (nSPS) is 21.0. The van der Waals surface area contributed by atoms with E-state index in [1.807, 2.05) is 13.0 Å². The van der Waals surface area contributed by atoms with E-state index in [1.54, 1.807) is 0 Å². The average Bonchev–Trinajstić information content (AvgIpc) is 2.28. The molecule has 3 nitrogen and oxygen atoms in total. The number of phenolic OH excluding ortho intramolecular Hbond substituents is 1. The van der Waals surface area contributed by atoms with Crippen LogP contribution in [0.5, 0.6) is 5.75 Å². The van der Waals surface area contributed by atoms with Gasteiger partial charge in [-0.2, -0.15) is 0 Å². The number of nitrogens with one attached hydrogen (secondary N) is 1. The Morgan fingerprint density at radius 1 is 1.33 bits per heavy atom. The molecule has 1 saturated heterocycles. The van der Waals surface area contributed by atoms with Crippen LogP contribution in [0.3, 0.4) is 0 Å². The zero-order valence-corrected chi connectivity index (χ0v) is 11.7. The molecule has 1 heterocycles. The molecule has 1 fully saturated rings. The molecule has 1 aromatic rings. The molecular formula is C15H23NO2. The minimum atomic E-state index is -0.0609. The van der Waals surface area contributed by atoms with Crippen molar-refractivity contribution in [2.24, 2.45) is 0 Å². The fraction of sp³-hybridized carbons (Fsp3) is 0.600. The Kier molecular flexibility index (Phi) is 3.64. The first-order valence-electron chi connectivity index (χ1n) is 6.56. The van der Waals surface area contributed by atoms with E-state index in [9.17, 15) is 5.11 Å². The molecule has 0 spiro atoms. The Labute approximate surface area is 109 Å². The lowest BCUT2D eigenvalue weighted by Gasteiger charge is -2.29. The van der Waals surface area contributed by atoms with Crippen molar-refractivity contribution in [3.63, 3.8) is 0 Å². The summed E-state index contributed by atoms with van der Waals surface area (Å²) >= 11 is 0. The molecule has 100 valence electrons. The van der Waals surface area contributed by atoms with Crippen molar-refractivity contribution in [1.82, 2.24) is 5.32 Å². The summed E-state index contributed by atoms with van der Waals surface area (Å²) in [6.45, 7) is 10.7. The summed E-state index contributed by atoms with van der Waals surface area (Å²) in [5.41, 5.74) is 2.95. The monoisotopic (exact) mass is 249 g/mol. The van der Waals surface area contributed by atoms with E-state index < -0.39 is 0 Å². The molecule has 0 amide bonds. The predicted octanol–water partition coefficient (Wildman–Crippen LogP) is 2.66. The van der Waals surface area contributed by atoms with Gasteiger partial charge >= 0.3 is 0 Å². The molecule has 1 unspecified atom stereocenters. The van der Waals surface area contributed by atoms with Crippen LogP contribution in [0.2, 0.25) is 0 Å².